The first-order valence-electron chi connectivity index (χ1n) is 6.01. The van der Waals surface area contributed by atoms with E-state index in [2.05, 4.69) is 0 Å². The van der Waals surface area contributed by atoms with E-state index in [4.69, 9.17) is 31.7 Å². The number of nitrogens with two attached hydrogens (primary N) is 1. The lowest BCUT2D eigenvalue weighted by Crippen LogP contribution is -2.21. The number of benzene rings is 1. The Labute approximate surface area is 131 Å². The Hall–Kier alpha value is -2.26. The number of rotatable bonds is 2. The SMILES string of the molecule is NCCc1cc(=O)oc2cc(O)c(Cl)cc12.O=C(O)C(F)(F)F. The van der Waals surface area contributed by atoms with Gasteiger partial charge in [-0.05, 0) is 24.6 Å². The summed E-state index contributed by atoms with van der Waals surface area (Å²) < 4.78 is 36.7. The van der Waals surface area contributed by atoms with Gasteiger partial charge in [-0.1, -0.05) is 11.6 Å². The fourth-order valence-electron chi connectivity index (χ4n) is 1.60. The molecule has 1 heterocycles. The summed E-state index contributed by atoms with van der Waals surface area (Å²) in [5.41, 5.74) is 6.09. The molecule has 0 saturated heterocycles. The highest BCUT2D eigenvalue weighted by atomic mass is 35.5. The van der Waals surface area contributed by atoms with Gasteiger partial charge in [0.1, 0.15) is 11.3 Å². The van der Waals surface area contributed by atoms with Gasteiger partial charge < -0.3 is 20.4 Å². The van der Waals surface area contributed by atoms with Crippen LogP contribution < -0.4 is 11.4 Å². The smallest absolute Gasteiger partial charge is 0.490 e. The maximum absolute atomic E-state index is 11.3. The standard InChI is InChI=1S/C11H10ClNO3.C2HF3O2/c12-8-4-7-6(1-2-13)3-11(15)16-10(7)5-9(8)14;3-2(4,5)1(6)7/h3-5,14H,1-2,13H2;(H,6,7). The summed E-state index contributed by atoms with van der Waals surface area (Å²) in [6.45, 7) is 0.428. The zero-order chi connectivity index (χ0) is 17.8. The Balaban J connectivity index is 0.000000322. The summed E-state index contributed by atoms with van der Waals surface area (Å²) in [6.07, 6.45) is -4.52. The highest BCUT2D eigenvalue weighted by Crippen LogP contribution is 2.29. The van der Waals surface area contributed by atoms with Crippen molar-refractivity contribution in [3.63, 3.8) is 0 Å². The maximum Gasteiger partial charge on any atom is 0.490 e. The number of carboxylic acids is 1. The van der Waals surface area contributed by atoms with E-state index >= 15 is 0 Å². The number of carboxylic acid groups (broad SMARTS) is 1. The molecular weight excluding hydrogens is 343 g/mol. The monoisotopic (exact) mass is 353 g/mol. The van der Waals surface area contributed by atoms with Gasteiger partial charge in [0.25, 0.3) is 0 Å². The quantitative estimate of drug-likeness (QED) is 0.714. The number of hydrogen-bond acceptors (Lipinski definition) is 5. The fourth-order valence-corrected chi connectivity index (χ4v) is 1.76. The minimum atomic E-state index is -5.08. The summed E-state index contributed by atoms with van der Waals surface area (Å²) in [7, 11) is 0. The largest absolute Gasteiger partial charge is 0.506 e. The van der Waals surface area contributed by atoms with Gasteiger partial charge in [-0.2, -0.15) is 13.2 Å². The molecule has 0 radical (unpaired) electrons. The molecule has 0 aliphatic heterocycles. The molecule has 0 aliphatic rings. The predicted octanol–water partition coefficient (Wildman–Crippen LogP) is 2.29. The normalized spacial score (nSPS) is 11.0. The van der Waals surface area contributed by atoms with Crippen LogP contribution in [-0.4, -0.2) is 28.9 Å². The average Bonchev–Trinajstić information content (AvgIpc) is 2.41. The van der Waals surface area contributed by atoms with Crippen molar-refractivity contribution in [2.24, 2.45) is 5.73 Å². The van der Waals surface area contributed by atoms with Gasteiger partial charge in [-0.3, -0.25) is 0 Å². The van der Waals surface area contributed by atoms with Crippen LogP contribution in [0.4, 0.5) is 13.2 Å². The fraction of sp³-hybridized carbons (Fsp3) is 0.231. The molecule has 4 N–H and O–H groups in total. The van der Waals surface area contributed by atoms with Gasteiger partial charge in [-0.15, -0.1) is 0 Å². The first kappa shape index (κ1) is 18.8. The van der Waals surface area contributed by atoms with Crippen LogP contribution in [0.5, 0.6) is 5.75 Å². The lowest BCUT2D eigenvalue weighted by Gasteiger charge is -2.05. The third-order valence-electron chi connectivity index (χ3n) is 2.55. The van der Waals surface area contributed by atoms with Crippen LogP contribution in [0.3, 0.4) is 0 Å². The van der Waals surface area contributed by atoms with Crippen molar-refractivity contribution in [3.8, 4) is 5.75 Å². The van der Waals surface area contributed by atoms with Crippen LogP contribution >= 0.6 is 11.6 Å². The van der Waals surface area contributed by atoms with Crippen molar-refractivity contribution in [2.45, 2.75) is 12.6 Å². The molecule has 0 amide bonds. The zero-order valence-electron chi connectivity index (χ0n) is 11.4. The Morgan fingerprint density at radius 3 is 2.35 bits per heavy atom. The summed E-state index contributed by atoms with van der Waals surface area (Å²) in [5.74, 6) is -2.87. The summed E-state index contributed by atoms with van der Waals surface area (Å²) in [6, 6.07) is 4.29. The van der Waals surface area contributed by atoms with Crippen LogP contribution in [0.1, 0.15) is 5.56 Å². The van der Waals surface area contributed by atoms with E-state index in [9.17, 15) is 23.1 Å². The summed E-state index contributed by atoms with van der Waals surface area (Å²) >= 11 is 5.80. The minimum Gasteiger partial charge on any atom is -0.506 e. The molecule has 0 spiro atoms. The van der Waals surface area contributed by atoms with E-state index in [1.807, 2.05) is 0 Å². The second-order valence-electron chi connectivity index (χ2n) is 4.23. The number of alkyl halides is 3. The highest BCUT2D eigenvalue weighted by molar-refractivity contribution is 6.32. The molecular formula is C13H11ClF3NO5. The Bertz CT molecular complexity index is 773. The first-order chi connectivity index (χ1) is 10.6. The third kappa shape index (κ3) is 5.15. The van der Waals surface area contributed by atoms with E-state index < -0.39 is 17.8 Å². The van der Waals surface area contributed by atoms with Crippen molar-refractivity contribution in [1.82, 2.24) is 0 Å². The number of halogens is 4. The van der Waals surface area contributed by atoms with Crippen LogP contribution in [0.15, 0.2) is 27.4 Å². The number of carbonyl (C=O) groups is 1. The summed E-state index contributed by atoms with van der Waals surface area (Å²) in [4.78, 5) is 20.1. The highest BCUT2D eigenvalue weighted by Gasteiger charge is 2.38. The lowest BCUT2D eigenvalue weighted by atomic mass is 10.1. The molecule has 2 rings (SSSR count). The van der Waals surface area contributed by atoms with E-state index in [1.165, 1.54) is 12.1 Å². The molecule has 0 bridgehead atoms. The zero-order valence-corrected chi connectivity index (χ0v) is 12.1. The topological polar surface area (TPSA) is 114 Å². The minimum absolute atomic E-state index is 0.109. The van der Waals surface area contributed by atoms with Crippen LogP contribution in [0.2, 0.25) is 5.02 Å². The van der Waals surface area contributed by atoms with Crippen molar-refractivity contribution in [3.05, 3.63) is 39.2 Å². The number of phenolic OH excluding ortho intramolecular Hbond substituents is 1. The summed E-state index contributed by atoms with van der Waals surface area (Å²) in [5, 5.41) is 17.5. The molecule has 0 fully saturated rings. The van der Waals surface area contributed by atoms with Crippen molar-refractivity contribution in [1.29, 1.82) is 0 Å². The molecule has 1 aromatic carbocycles. The molecule has 23 heavy (non-hydrogen) atoms. The van der Waals surface area contributed by atoms with Crippen molar-refractivity contribution < 1.29 is 32.6 Å². The molecule has 10 heteroatoms. The Morgan fingerprint density at radius 2 is 1.87 bits per heavy atom. The van der Waals surface area contributed by atoms with Gasteiger partial charge in [0.15, 0.2) is 0 Å². The average molecular weight is 354 g/mol. The van der Waals surface area contributed by atoms with Crippen LogP contribution in [0, 0.1) is 0 Å². The maximum atomic E-state index is 11.3. The second kappa shape index (κ2) is 7.34. The van der Waals surface area contributed by atoms with Gasteiger partial charge in [0.05, 0.1) is 5.02 Å². The number of hydrogen-bond donors (Lipinski definition) is 3. The number of fused-ring (bicyclic) bond motifs is 1. The van der Waals surface area contributed by atoms with E-state index in [0.717, 1.165) is 5.56 Å². The second-order valence-corrected chi connectivity index (χ2v) is 4.64. The molecule has 0 atom stereocenters. The first-order valence-corrected chi connectivity index (χ1v) is 6.39. The van der Waals surface area contributed by atoms with E-state index in [-0.39, 0.29) is 10.8 Å². The number of aromatic hydroxyl groups is 1. The molecule has 0 unspecified atom stereocenters. The van der Waals surface area contributed by atoms with Gasteiger partial charge in [-0.25, -0.2) is 9.59 Å². The van der Waals surface area contributed by atoms with E-state index in [1.54, 1.807) is 6.07 Å². The Morgan fingerprint density at radius 1 is 1.30 bits per heavy atom. The molecule has 2 aromatic rings. The third-order valence-corrected chi connectivity index (χ3v) is 2.86. The van der Waals surface area contributed by atoms with E-state index in [0.29, 0.717) is 23.9 Å². The van der Waals surface area contributed by atoms with Gasteiger partial charge in [0.2, 0.25) is 0 Å². The van der Waals surface area contributed by atoms with Crippen molar-refractivity contribution >= 4 is 28.5 Å². The molecule has 0 aliphatic carbocycles. The predicted molar refractivity (Wildman–Crippen MR) is 75.6 cm³/mol. The van der Waals surface area contributed by atoms with Gasteiger partial charge in [0, 0.05) is 17.5 Å². The molecule has 1 aromatic heterocycles. The van der Waals surface area contributed by atoms with Gasteiger partial charge >= 0.3 is 17.8 Å². The van der Waals surface area contributed by atoms with Crippen LogP contribution in [0.25, 0.3) is 11.0 Å². The molecule has 0 saturated carbocycles. The van der Waals surface area contributed by atoms with Crippen LogP contribution in [-0.2, 0) is 11.2 Å². The Kier molecular flexibility index (Phi) is 5.99. The van der Waals surface area contributed by atoms with Crippen molar-refractivity contribution in [2.75, 3.05) is 6.54 Å². The molecule has 6 nitrogen and oxygen atoms in total. The number of phenols is 1. The molecule has 126 valence electrons. The number of aliphatic carboxylic acids is 1. The lowest BCUT2D eigenvalue weighted by molar-refractivity contribution is -0.192.